The number of nitrogens with zero attached hydrogens (tertiary/aromatic N) is 2. The molecule has 3 rings (SSSR count). The van der Waals surface area contributed by atoms with E-state index in [9.17, 15) is 4.79 Å². The minimum Gasteiger partial charge on any atom is -0.350 e. The zero-order valence-corrected chi connectivity index (χ0v) is 11.9. The minimum absolute atomic E-state index is 0.225. The molecule has 0 unspecified atom stereocenters. The second kappa shape index (κ2) is 5.67. The highest BCUT2D eigenvalue weighted by Crippen LogP contribution is 2.19. The minimum atomic E-state index is 0.225. The van der Waals surface area contributed by atoms with E-state index in [0.717, 1.165) is 32.5 Å². The SMILES string of the molecule is Cn1cc(CNCC(=O)N2CCCC2)c2ccccc21. The third kappa shape index (κ3) is 2.56. The Labute approximate surface area is 119 Å². The van der Waals surface area contributed by atoms with Crippen molar-refractivity contribution in [2.45, 2.75) is 19.4 Å². The lowest BCUT2D eigenvalue weighted by Gasteiger charge is -2.15. The Morgan fingerprint density at radius 3 is 2.80 bits per heavy atom. The van der Waals surface area contributed by atoms with Gasteiger partial charge in [0.15, 0.2) is 0 Å². The standard InChI is InChI=1S/C16H21N3O/c1-18-12-13(14-6-2-3-7-15(14)18)10-17-11-16(20)19-8-4-5-9-19/h2-3,6-7,12,17H,4-5,8-11H2,1H3. The molecule has 1 aliphatic heterocycles. The Morgan fingerprint density at radius 1 is 1.25 bits per heavy atom. The van der Waals surface area contributed by atoms with Crippen LogP contribution in [0.5, 0.6) is 0 Å². The number of likely N-dealkylation sites (tertiary alicyclic amines) is 1. The summed E-state index contributed by atoms with van der Waals surface area (Å²) < 4.78 is 2.13. The predicted octanol–water partition coefficient (Wildman–Crippen LogP) is 1.89. The molecular formula is C16H21N3O. The van der Waals surface area contributed by atoms with E-state index >= 15 is 0 Å². The molecule has 1 aromatic carbocycles. The highest BCUT2D eigenvalue weighted by atomic mass is 16.2. The average molecular weight is 271 g/mol. The number of para-hydroxylation sites is 1. The number of hydrogen-bond donors (Lipinski definition) is 1. The van der Waals surface area contributed by atoms with Crippen molar-refractivity contribution in [3.05, 3.63) is 36.0 Å². The molecule has 0 bridgehead atoms. The van der Waals surface area contributed by atoms with Crippen molar-refractivity contribution in [1.29, 1.82) is 0 Å². The first-order chi connectivity index (χ1) is 9.75. The van der Waals surface area contributed by atoms with Crippen LogP contribution in [-0.2, 0) is 18.4 Å². The number of amides is 1. The summed E-state index contributed by atoms with van der Waals surface area (Å²) in [5.74, 6) is 0.225. The average Bonchev–Trinajstić information content (AvgIpc) is 3.09. The molecule has 2 heterocycles. The first kappa shape index (κ1) is 13.2. The molecule has 1 amide bonds. The fraction of sp³-hybridized carbons (Fsp3) is 0.438. The number of fused-ring (bicyclic) bond motifs is 1. The number of rotatable bonds is 4. The van der Waals surface area contributed by atoms with Crippen molar-refractivity contribution < 1.29 is 4.79 Å². The Morgan fingerprint density at radius 2 is 2.00 bits per heavy atom. The molecule has 1 aromatic heterocycles. The van der Waals surface area contributed by atoms with E-state index in [2.05, 4.69) is 47.4 Å². The van der Waals surface area contributed by atoms with Crippen LogP contribution in [0.25, 0.3) is 10.9 Å². The molecule has 2 aromatic rings. The summed E-state index contributed by atoms with van der Waals surface area (Å²) in [6.45, 7) is 3.02. The van der Waals surface area contributed by atoms with Crippen molar-refractivity contribution in [2.24, 2.45) is 7.05 Å². The second-order valence-corrected chi connectivity index (χ2v) is 5.47. The van der Waals surface area contributed by atoms with E-state index in [1.807, 2.05) is 4.90 Å². The normalized spacial score (nSPS) is 15.2. The molecule has 1 N–H and O–H groups in total. The van der Waals surface area contributed by atoms with Crippen LogP contribution in [0.15, 0.2) is 30.5 Å². The number of hydrogen-bond acceptors (Lipinski definition) is 2. The van der Waals surface area contributed by atoms with Crippen LogP contribution < -0.4 is 5.32 Å². The first-order valence-corrected chi connectivity index (χ1v) is 7.27. The van der Waals surface area contributed by atoms with E-state index in [1.165, 1.54) is 16.5 Å². The van der Waals surface area contributed by atoms with Crippen molar-refractivity contribution in [3.8, 4) is 0 Å². The van der Waals surface area contributed by atoms with Crippen LogP contribution in [0.3, 0.4) is 0 Å². The summed E-state index contributed by atoms with van der Waals surface area (Å²) in [5, 5.41) is 4.54. The number of aromatic nitrogens is 1. The van der Waals surface area contributed by atoms with Gasteiger partial charge >= 0.3 is 0 Å². The van der Waals surface area contributed by atoms with Crippen molar-refractivity contribution in [2.75, 3.05) is 19.6 Å². The Bertz CT molecular complexity index is 611. The van der Waals surface area contributed by atoms with Gasteiger partial charge in [0.2, 0.25) is 5.91 Å². The van der Waals surface area contributed by atoms with Gasteiger partial charge in [-0.3, -0.25) is 4.79 Å². The number of carbonyl (C=O) groups is 1. The van der Waals surface area contributed by atoms with Crippen LogP contribution in [0, 0.1) is 0 Å². The largest absolute Gasteiger partial charge is 0.350 e. The van der Waals surface area contributed by atoms with Gasteiger partial charge in [0.1, 0.15) is 0 Å². The Hall–Kier alpha value is -1.81. The molecule has 1 saturated heterocycles. The fourth-order valence-corrected chi connectivity index (χ4v) is 2.95. The zero-order valence-electron chi connectivity index (χ0n) is 11.9. The molecule has 0 radical (unpaired) electrons. The molecule has 20 heavy (non-hydrogen) atoms. The third-order valence-electron chi connectivity index (χ3n) is 4.03. The predicted molar refractivity (Wildman–Crippen MR) is 80.4 cm³/mol. The van der Waals surface area contributed by atoms with Crippen LogP contribution in [-0.4, -0.2) is 35.0 Å². The van der Waals surface area contributed by atoms with Gasteiger partial charge in [0.25, 0.3) is 0 Å². The topological polar surface area (TPSA) is 37.3 Å². The maximum absolute atomic E-state index is 12.0. The smallest absolute Gasteiger partial charge is 0.236 e. The highest BCUT2D eigenvalue weighted by molar-refractivity contribution is 5.84. The molecule has 0 saturated carbocycles. The van der Waals surface area contributed by atoms with Gasteiger partial charge in [0, 0.05) is 43.8 Å². The maximum atomic E-state index is 12.0. The summed E-state index contributed by atoms with van der Waals surface area (Å²) >= 11 is 0. The lowest BCUT2D eigenvalue weighted by molar-refractivity contribution is -0.129. The molecule has 4 nitrogen and oxygen atoms in total. The van der Waals surface area contributed by atoms with E-state index in [-0.39, 0.29) is 5.91 Å². The molecule has 0 spiro atoms. The number of carbonyl (C=O) groups excluding carboxylic acids is 1. The quantitative estimate of drug-likeness (QED) is 0.922. The summed E-state index contributed by atoms with van der Waals surface area (Å²) in [6.07, 6.45) is 4.43. The third-order valence-corrected chi connectivity index (χ3v) is 4.03. The second-order valence-electron chi connectivity index (χ2n) is 5.47. The zero-order chi connectivity index (χ0) is 13.9. The molecular weight excluding hydrogens is 250 g/mol. The van der Waals surface area contributed by atoms with E-state index < -0.39 is 0 Å². The molecule has 4 heteroatoms. The van der Waals surface area contributed by atoms with E-state index in [0.29, 0.717) is 6.54 Å². The highest BCUT2D eigenvalue weighted by Gasteiger charge is 2.17. The van der Waals surface area contributed by atoms with Crippen molar-refractivity contribution >= 4 is 16.8 Å². The van der Waals surface area contributed by atoms with Crippen LogP contribution in [0.4, 0.5) is 0 Å². The van der Waals surface area contributed by atoms with Gasteiger partial charge in [-0.1, -0.05) is 18.2 Å². The van der Waals surface area contributed by atoms with Gasteiger partial charge < -0.3 is 14.8 Å². The van der Waals surface area contributed by atoms with Gasteiger partial charge in [-0.05, 0) is 24.5 Å². The Balaban J connectivity index is 1.61. The van der Waals surface area contributed by atoms with Crippen LogP contribution in [0.1, 0.15) is 18.4 Å². The molecule has 1 aliphatic rings. The van der Waals surface area contributed by atoms with Gasteiger partial charge in [-0.25, -0.2) is 0 Å². The van der Waals surface area contributed by atoms with Gasteiger partial charge in [-0.2, -0.15) is 0 Å². The number of aryl methyl sites for hydroxylation is 1. The number of benzene rings is 1. The first-order valence-electron chi connectivity index (χ1n) is 7.27. The summed E-state index contributed by atoms with van der Waals surface area (Å²) in [6, 6.07) is 8.36. The lowest BCUT2D eigenvalue weighted by Crippen LogP contribution is -2.35. The maximum Gasteiger partial charge on any atom is 0.236 e. The van der Waals surface area contributed by atoms with Crippen molar-refractivity contribution in [1.82, 2.24) is 14.8 Å². The van der Waals surface area contributed by atoms with E-state index in [4.69, 9.17) is 0 Å². The lowest BCUT2D eigenvalue weighted by atomic mass is 10.2. The van der Waals surface area contributed by atoms with Gasteiger partial charge in [-0.15, -0.1) is 0 Å². The Kier molecular flexibility index (Phi) is 3.74. The summed E-state index contributed by atoms with van der Waals surface area (Å²) in [5.41, 5.74) is 2.48. The summed E-state index contributed by atoms with van der Waals surface area (Å²) in [4.78, 5) is 13.9. The van der Waals surface area contributed by atoms with Crippen molar-refractivity contribution in [3.63, 3.8) is 0 Å². The van der Waals surface area contributed by atoms with E-state index in [1.54, 1.807) is 0 Å². The molecule has 1 fully saturated rings. The van der Waals surface area contributed by atoms with Crippen LogP contribution >= 0.6 is 0 Å². The number of nitrogens with one attached hydrogen (secondary N) is 1. The summed E-state index contributed by atoms with van der Waals surface area (Å²) in [7, 11) is 2.06. The fourth-order valence-electron chi connectivity index (χ4n) is 2.95. The van der Waals surface area contributed by atoms with Gasteiger partial charge in [0.05, 0.1) is 6.54 Å². The molecule has 0 aliphatic carbocycles. The molecule has 0 atom stereocenters. The monoisotopic (exact) mass is 271 g/mol. The molecule has 106 valence electrons. The van der Waals surface area contributed by atoms with Crippen LogP contribution in [0.2, 0.25) is 0 Å².